The first-order chi connectivity index (χ1) is 11.1. The molecule has 2 aromatic rings. The van der Waals surface area contributed by atoms with E-state index in [-0.39, 0.29) is 24.2 Å². The number of aliphatic hydroxyl groups is 1. The quantitative estimate of drug-likeness (QED) is 0.717. The summed E-state index contributed by atoms with van der Waals surface area (Å²) >= 11 is 0. The molecule has 2 N–H and O–H groups in total. The molecule has 2 rings (SSSR count). The van der Waals surface area contributed by atoms with Crippen LogP contribution in [0, 0.1) is 0 Å². The molecule has 0 unspecified atom stereocenters. The second kappa shape index (κ2) is 10.1. The van der Waals surface area contributed by atoms with Gasteiger partial charge in [0, 0.05) is 24.6 Å². The van der Waals surface area contributed by atoms with Crippen molar-refractivity contribution in [3.05, 3.63) is 65.7 Å². The van der Waals surface area contributed by atoms with E-state index in [0.717, 1.165) is 5.56 Å². The van der Waals surface area contributed by atoms with Crippen LogP contribution in [0.1, 0.15) is 35.4 Å². The fraction of sp³-hybridized carbons (Fsp3) is 0.316. The Bertz CT molecular complexity index is 634. The van der Waals surface area contributed by atoms with Crippen molar-refractivity contribution < 1.29 is 14.6 Å². The van der Waals surface area contributed by atoms with Crippen molar-refractivity contribution in [1.82, 2.24) is 5.32 Å². The summed E-state index contributed by atoms with van der Waals surface area (Å²) in [6.45, 7) is 2.43. The van der Waals surface area contributed by atoms with Crippen molar-refractivity contribution in [2.24, 2.45) is 0 Å². The van der Waals surface area contributed by atoms with Crippen LogP contribution in [0.15, 0.2) is 54.6 Å². The number of ketones is 1. The lowest BCUT2D eigenvalue weighted by molar-refractivity contribution is 0.0972. The van der Waals surface area contributed by atoms with Gasteiger partial charge in [0.2, 0.25) is 0 Å². The molecule has 2 aromatic carbocycles. The van der Waals surface area contributed by atoms with Gasteiger partial charge in [-0.15, -0.1) is 12.4 Å². The Labute approximate surface area is 149 Å². The third-order valence-electron chi connectivity index (χ3n) is 3.82. The summed E-state index contributed by atoms with van der Waals surface area (Å²) in [5.41, 5.74) is 1.51. The molecule has 0 heterocycles. The molecule has 0 aliphatic heterocycles. The van der Waals surface area contributed by atoms with E-state index in [1.807, 2.05) is 43.3 Å². The Balaban J connectivity index is 0.00000288. The van der Waals surface area contributed by atoms with Gasteiger partial charge >= 0.3 is 0 Å². The highest BCUT2D eigenvalue weighted by molar-refractivity contribution is 5.96. The summed E-state index contributed by atoms with van der Waals surface area (Å²) in [6.07, 6.45) is -0.220. The van der Waals surface area contributed by atoms with Gasteiger partial charge in [-0.1, -0.05) is 42.5 Å². The summed E-state index contributed by atoms with van der Waals surface area (Å²) in [5.74, 6) is 0.731. The Hall–Kier alpha value is -1.88. The Morgan fingerprint density at radius 1 is 1.17 bits per heavy atom. The Kier molecular flexibility index (Phi) is 8.47. The SMILES string of the molecule is COc1cccc(C(=O)CCN[C@H](C)[C@@H](O)c2ccccc2)c1.Cl. The summed E-state index contributed by atoms with van der Waals surface area (Å²) < 4.78 is 5.13. The molecule has 0 fully saturated rings. The number of Topliss-reactive ketones (excluding diaryl/α,β-unsaturated/α-hetero) is 1. The molecule has 0 bridgehead atoms. The smallest absolute Gasteiger partial charge is 0.164 e. The summed E-state index contributed by atoms with van der Waals surface area (Å²) in [6, 6.07) is 16.5. The minimum absolute atomic E-state index is 0. The van der Waals surface area contributed by atoms with Crippen LogP contribution in [0.2, 0.25) is 0 Å². The molecule has 0 aliphatic rings. The van der Waals surface area contributed by atoms with Crippen molar-refractivity contribution in [2.45, 2.75) is 25.5 Å². The van der Waals surface area contributed by atoms with Crippen molar-refractivity contribution in [1.29, 1.82) is 0 Å². The van der Waals surface area contributed by atoms with E-state index in [1.165, 1.54) is 0 Å². The maximum atomic E-state index is 12.2. The molecule has 0 radical (unpaired) electrons. The Morgan fingerprint density at radius 3 is 2.54 bits per heavy atom. The lowest BCUT2D eigenvalue weighted by atomic mass is 10.0. The predicted molar refractivity (Wildman–Crippen MR) is 98.1 cm³/mol. The molecule has 24 heavy (non-hydrogen) atoms. The molecule has 0 aliphatic carbocycles. The first-order valence-electron chi connectivity index (χ1n) is 7.75. The minimum atomic E-state index is -0.594. The topological polar surface area (TPSA) is 58.6 Å². The van der Waals surface area contributed by atoms with Crippen LogP contribution in [0.4, 0.5) is 0 Å². The number of nitrogens with one attached hydrogen (secondary N) is 1. The summed E-state index contributed by atoms with van der Waals surface area (Å²) in [4.78, 5) is 12.2. The van der Waals surface area contributed by atoms with Gasteiger partial charge in [0.15, 0.2) is 5.78 Å². The van der Waals surface area contributed by atoms with Gasteiger partial charge in [0.05, 0.1) is 13.2 Å². The number of benzene rings is 2. The lowest BCUT2D eigenvalue weighted by Crippen LogP contribution is -2.33. The highest BCUT2D eigenvalue weighted by atomic mass is 35.5. The van der Waals surface area contributed by atoms with Crippen molar-refractivity contribution >= 4 is 18.2 Å². The van der Waals surface area contributed by atoms with Gasteiger partial charge in [0.1, 0.15) is 5.75 Å². The zero-order valence-corrected chi connectivity index (χ0v) is 14.8. The van der Waals surface area contributed by atoms with Crippen molar-refractivity contribution in [3.8, 4) is 5.75 Å². The van der Waals surface area contributed by atoms with E-state index in [1.54, 1.807) is 25.3 Å². The maximum absolute atomic E-state index is 12.2. The number of halogens is 1. The first-order valence-corrected chi connectivity index (χ1v) is 7.75. The highest BCUT2D eigenvalue weighted by Gasteiger charge is 2.16. The van der Waals surface area contributed by atoms with E-state index in [2.05, 4.69) is 5.32 Å². The van der Waals surface area contributed by atoms with Crippen LogP contribution in [-0.4, -0.2) is 30.6 Å². The van der Waals surface area contributed by atoms with Crippen LogP contribution in [0.3, 0.4) is 0 Å². The Morgan fingerprint density at radius 2 is 1.88 bits per heavy atom. The molecule has 0 spiro atoms. The zero-order chi connectivity index (χ0) is 16.7. The molecule has 2 atom stereocenters. The number of rotatable bonds is 8. The highest BCUT2D eigenvalue weighted by Crippen LogP contribution is 2.16. The molecule has 0 saturated heterocycles. The van der Waals surface area contributed by atoms with Gasteiger partial charge in [-0.25, -0.2) is 0 Å². The first kappa shape index (κ1) is 20.2. The van der Waals surface area contributed by atoms with Crippen LogP contribution in [0.25, 0.3) is 0 Å². The molecular formula is C19H24ClNO3. The third-order valence-corrected chi connectivity index (χ3v) is 3.82. The van der Waals surface area contributed by atoms with Gasteiger partial charge < -0.3 is 15.2 Å². The largest absolute Gasteiger partial charge is 0.497 e. The van der Waals surface area contributed by atoms with E-state index >= 15 is 0 Å². The van der Waals surface area contributed by atoms with E-state index in [4.69, 9.17) is 4.74 Å². The number of carbonyl (C=O) groups is 1. The van der Waals surface area contributed by atoms with E-state index < -0.39 is 6.10 Å². The number of hydrogen-bond acceptors (Lipinski definition) is 4. The van der Waals surface area contributed by atoms with Gasteiger partial charge in [0.25, 0.3) is 0 Å². The van der Waals surface area contributed by atoms with Crippen LogP contribution >= 0.6 is 12.4 Å². The normalized spacial score (nSPS) is 12.8. The number of methoxy groups -OCH3 is 1. The van der Waals surface area contributed by atoms with Crippen LogP contribution in [-0.2, 0) is 0 Å². The minimum Gasteiger partial charge on any atom is -0.497 e. The monoisotopic (exact) mass is 349 g/mol. The van der Waals surface area contributed by atoms with Crippen LogP contribution in [0.5, 0.6) is 5.75 Å². The summed E-state index contributed by atoms with van der Waals surface area (Å²) in [5, 5.41) is 13.5. The van der Waals surface area contributed by atoms with Gasteiger partial charge in [-0.3, -0.25) is 4.79 Å². The zero-order valence-electron chi connectivity index (χ0n) is 13.9. The molecule has 0 aromatic heterocycles. The van der Waals surface area contributed by atoms with Crippen molar-refractivity contribution in [3.63, 3.8) is 0 Å². The van der Waals surface area contributed by atoms with Crippen molar-refractivity contribution in [2.75, 3.05) is 13.7 Å². The third kappa shape index (κ3) is 5.64. The number of aliphatic hydroxyl groups excluding tert-OH is 1. The molecule has 130 valence electrons. The number of carbonyl (C=O) groups excluding carboxylic acids is 1. The standard InChI is InChI=1S/C19H23NO3.ClH/c1-14(19(22)15-7-4-3-5-8-15)20-12-11-18(21)16-9-6-10-17(13-16)23-2;/h3-10,13-14,19-20,22H,11-12H2,1-2H3;1H/t14-,19-;/m1./s1. The fourth-order valence-corrected chi connectivity index (χ4v) is 2.40. The fourth-order valence-electron chi connectivity index (χ4n) is 2.40. The molecule has 0 amide bonds. The molecule has 5 heteroatoms. The second-order valence-corrected chi connectivity index (χ2v) is 5.50. The van der Waals surface area contributed by atoms with Gasteiger partial charge in [-0.05, 0) is 24.6 Å². The van der Waals surface area contributed by atoms with Gasteiger partial charge in [-0.2, -0.15) is 0 Å². The summed E-state index contributed by atoms with van der Waals surface area (Å²) in [7, 11) is 1.58. The average molecular weight is 350 g/mol. The number of ether oxygens (including phenoxy) is 1. The van der Waals surface area contributed by atoms with E-state index in [0.29, 0.717) is 24.3 Å². The molecule has 0 saturated carbocycles. The molecular weight excluding hydrogens is 326 g/mol. The predicted octanol–water partition coefficient (Wildman–Crippen LogP) is 3.40. The molecule has 4 nitrogen and oxygen atoms in total. The van der Waals surface area contributed by atoms with E-state index in [9.17, 15) is 9.90 Å². The average Bonchev–Trinajstić information content (AvgIpc) is 2.61. The lowest BCUT2D eigenvalue weighted by Gasteiger charge is -2.20. The maximum Gasteiger partial charge on any atom is 0.164 e. The van der Waals surface area contributed by atoms with Crippen LogP contribution < -0.4 is 10.1 Å². The second-order valence-electron chi connectivity index (χ2n) is 5.50. The number of hydrogen-bond donors (Lipinski definition) is 2.